The summed E-state index contributed by atoms with van der Waals surface area (Å²) >= 11 is 0. The highest BCUT2D eigenvalue weighted by molar-refractivity contribution is 5.37. The molecule has 1 N–H and O–H groups in total. The molecular weight excluding hydrogens is 204 g/mol. The van der Waals surface area contributed by atoms with Crippen LogP contribution in [0.25, 0.3) is 0 Å². The second-order valence-electron chi connectivity index (χ2n) is 3.52. The molecule has 0 saturated heterocycles. The van der Waals surface area contributed by atoms with Gasteiger partial charge in [0.2, 0.25) is 0 Å². The van der Waals surface area contributed by atoms with Gasteiger partial charge in [-0.3, -0.25) is 0 Å². The molecule has 0 saturated carbocycles. The van der Waals surface area contributed by atoms with Crippen molar-refractivity contribution < 1.29 is 9.84 Å². The molecule has 0 spiro atoms. The number of rotatable bonds is 4. The van der Waals surface area contributed by atoms with Crippen LogP contribution in [0, 0.1) is 0 Å². The molecule has 0 aliphatic rings. The third-order valence-electron chi connectivity index (χ3n) is 2.37. The van der Waals surface area contributed by atoms with Gasteiger partial charge in [0.1, 0.15) is 5.82 Å². The van der Waals surface area contributed by atoms with Gasteiger partial charge in [-0.25, -0.2) is 4.98 Å². The third-order valence-corrected chi connectivity index (χ3v) is 2.37. The summed E-state index contributed by atoms with van der Waals surface area (Å²) in [6.45, 7) is 0.502. The minimum Gasteiger partial charge on any atom is -0.504 e. The zero-order valence-electron chi connectivity index (χ0n) is 9.13. The van der Waals surface area contributed by atoms with E-state index in [1.54, 1.807) is 24.4 Å². The average molecular weight is 218 g/mol. The van der Waals surface area contributed by atoms with Crippen molar-refractivity contribution >= 4 is 0 Å². The number of para-hydroxylation sites is 2. The topological polar surface area (TPSA) is 47.3 Å². The van der Waals surface area contributed by atoms with Crippen molar-refractivity contribution in [2.75, 3.05) is 6.61 Å². The summed E-state index contributed by atoms with van der Waals surface area (Å²) in [4.78, 5) is 4.19. The van der Waals surface area contributed by atoms with Crippen LogP contribution < -0.4 is 4.74 Å². The molecule has 1 heterocycles. The molecule has 0 unspecified atom stereocenters. The van der Waals surface area contributed by atoms with Gasteiger partial charge in [-0.1, -0.05) is 12.1 Å². The van der Waals surface area contributed by atoms with Crippen molar-refractivity contribution in [3.05, 3.63) is 42.5 Å². The van der Waals surface area contributed by atoms with Gasteiger partial charge in [-0.05, 0) is 12.1 Å². The number of phenols is 1. The molecule has 0 radical (unpaired) electrons. The van der Waals surface area contributed by atoms with Crippen LogP contribution in [0.15, 0.2) is 36.7 Å². The first kappa shape index (κ1) is 10.5. The average Bonchev–Trinajstić information content (AvgIpc) is 2.67. The largest absolute Gasteiger partial charge is 0.504 e. The number of benzene rings is 1. The van der Waals surface area contributed by atoms with Crippen LogP contribution in [0.4, 0.5) is 0 Å². The molecule has 4 heteroatoms. The van der Waals surface area contributed by atoms with Crippen molar-refractivity contribution in [3.63, 3.8) is 0 Å². The Labute approximate surface area is 94.1 Å². The maximum Gasteiger partial charge on any atom is 0.160 e. The maximum atomic E-state index is 9.48. The van der Waals surface area contributed by atoms with Crippen LogP contribution in [0.5, 0.6) is 11.5 Å². The summed E-state index contributed by atoms with van der Waals surface area (Å²) in [6.07, 6.45) is 4.38. The second kappa shape index (κ2) is 4.70. The van der Waals surface area contributed by atoms with Gasteiger partial charge in [-0.15, -0.1) is 0 Å². The van der Waals surface area contributed by atoms with E-state index in [4.69, 9.17) is 4.74 Å². The predicted octanol–water partition coefficient (Wildman–Crippen LogP) is 1.75. The summed E-state index contributed by atoms with van der Waals surface area (Å²) in [7, 11) is 1.95. The number of nitrogens with zero attached hydrogens (tertiary/aromatic N) is 2. The highest BCUT2D eigenvalue weighted by Gasteiger charge is 2.02. The van der Waals surface area contributed by atoms with E-state index in [1.807, 2.05) is 23.9 Å². The molecule has 0 fully saturated rings. The molecule has 4 nitrogen and oxygen atoms in total. The molecular formula is C12H14N2O2. The lowest BCUT2D eigenvalue weighted by Gasteiger charge is -2.07. The lowest BCUT2D eigenvalue weighted by Crippen LogP contribution is -2.06. The van der Waals surface area contributed by atoms with Gasteiger partial charge < -0.3 is 14.4 Å². The fourth-order valence-electron chi connectivity index (χ4n) is 1.47. The molecule has 1 aromatic carbocycles. The van der Waals surface area contributed by atoms with Crippen molar-refractivity contribution in [1.82, 2.24) is 9.55 Å². The normalized spacial score (nSPS) is 10.3. The first-order chi connectivity index (χ1) is 7.77. The molecule has 16 heavy (non-hydrogen) atoms. The number of aromatic hydroxyl groups is 1. The SMILES string of the molecule is Cn1ccnc1CCOc1ccccc1O. The molecule has 2 aromatic rings. The fourth-order valence-corrected chi connectivity index (χ4v) is 1.47. The lowest BCUT2D eigenvalue weighted by molar-refractivity contribution is 0.299. The molecule has 84 valence electrons. The van der Waals surface area contributed by atoms with E-state index in [9.17, 15) is 5.11 Å². The highest BCUT2D eigenvalue weighted by Crippen LogP contribution is 2.24. The Balaban J connectivity index is 1.89. The summed E-state index contributed by atoms with van der Waals surface area (Å²) in [5.74, 6) is 1.65. The molecule has 2 rings (SSSR count). The standard InChI is InChI=1S/C12H14N2O2/c1-14-8-7-13-12(14)6-9-16-11-5-3-2-4-10(11)15/h2-5,7-8,15H,6,9H2,1H3. The van der Waals surface area contributed by atoms with E-state index in [0.717, 1.165) is 12.2 Å². The quantitative estimate of drug-likeness (QED) is 0.850. The van der Waals surface area contributed by atoms with Gasteiger partial charge >= 0.3 is 0 Å². The summed E-state index contributed by atoms with van der Waals surface area (Å²) in [5.41, 5.74) is 0. The van der Waals surface area contributed by atoms with Crippen LogP contribution >= 0.6 is 0 Å². The smallest absolute Gasteiger partial charge is 0.160 e. The van der Waals surface area contributed by atoms with E-state index in [2.05, 4.69) is 4.98 Å². The Hall–Kier alpha value is -1.97. The molecule has 0 bridgehead atoms. The minimum absolute atomic E-state index is 0.169. The van der Waals surface area contributed by atoms with Gasteiger partial charge in [0, 0.05) is 25.9 Å². The van der Waals surface area contributed by atoms with E-state index in [-0.39, 0.29) is 5.75 Å². The van der Waals surface area contributed by atoms with E-state index >= 15 is 0 Å². The zero-order valence-corrected chi connectivity index (χ0v) is 9.13. The number of hydrogen-bond donors (Lipinski definition) is 1. The van der Waals surface area contributed by atoms with Crippen LogP contribution in [0.3, 0.4) is 0 Å². The lowest BCUT2D eigenvalue weighted by atomic mass is 10.3. The summed E-state index contributed by atoms with van der Waals surface area (Å²) in [6, 6.07) is 6.95. The number of phenolic OH excluding ortho intramolecular Hbond substituents is 1. The number of imidazole rings is 1. The molecule has 0 aliphatic heterocycles. The first-order valence-electron chi connectivity index (χ1n) is 5.14. The Kier molecular flexibility index (Phi) is 3.10. The van der Waals surface area contributed by atoms with Gasteiger partial charge in [0.25, 0.3) is 0 Å². The van der Waals surface area contributed by atoms with E-state index in [0.29, 0.717) is 12.4 Å². The Bertz CT molecular complexity index is 466. The number of ether oxygens (including phenoxy) is 1. The van der Waals surface area contributed by atoms with E-state index in [1.165, 1.54) is 0 Å². The number of aromatic nitrogens is 2. The highest BCUT2D eigenvalue weighted by atomic mass is 16.5. The first-order valence-corrected chi connectivity index (χ1v) is 5.14. The van der Waals surface area contributed by atoms with Crippen molar-refractivity contribution in [2.45, 2.75) is 6.42 Å². The molecule has 1 aromatic heterocycles. The third kappa shape index (κ3) is 2.34. The van der Waals surface area contributed by atoms with Crippen molar-refractivity contribution in [3.8, 4) is 11.5 Å². The number of aryl methyl sites for hydroxylation is 1. The van der Waals surface area contributed by atoms with E-state index < -0.39 is 0 Å². The zero-order chi connectivity index (χ0) is 11.4. The van der Waals surface area contributed by atoms with Gasteiger partial charge in [0.15, 0.2) is 11.5 Å². The van der Waals surface area contributed by atoms with Gasteiger partial charge in [0.05, 0.1) is 6.61 Å². The van der Waals surface area contributed by atoms with Crippen molar-refractivity contribution in [1.29, 1.82) is 0 Å². The van der Waals surface area contributed by atoms with Crippen molar-refractivity contribution in [2.24, 2.45) is 7.05 Å². The second-order valence-corrected chi connectivity index (χ2v) is 3.52. The Morgan fingerprint density at radius 2 is 2.19 bits per heavy atom. The van der Waals surface area contributed by atoms with Crippen LogP contribution in [-0.4, -0.2) is 21.3 Å². The fraction of sp³-hybridized carbons (Fsp3) is 0.250. The van der Waals surface area contributed by atoms with Gasteiger partial charge in [-0.2, -0.15) is 0 Å². The number of hydrogen-bond acceptors (Lipinski definition) is 3. The molecule has 0 aliphatic carbocycles. The monoisotopic (exact) mass is 218 g/mol. The molecule has 0 amide bonds. The summed E-state index contributed by atoms with van der Waals surface area (Å²) in [5, 5.41) is 9.48. The molecule has 0 atom stereocenters. The Morgan fingerprint density at radius 3 is 2.88 bits per heavy atom. The van der Waals surface area contributed by atoms with Crippen LogP contribution in [-0.2, 0) is 13.5 Å². The minimum atomic E-state index is 0.169. The van der Waals surface area contributed by atoms with Crippen LogP contribution in [0.1, 0.15) is 5.82 Å². The predicted molar refractivity (Wildman–Crippen MR) is 60.5 cm³/mol. The maximum absolute atomic E-state index is 9.48. The summed E-state index contributed by atoms with van der Waals surface area (Å²) < 4.78 is 7.41. The van der Waals surface area contributed by atoms with Crippen LogP contribution in [0.2, 0.25) is 0 Å². The Morgan fingerprint density at radius 1 is 1.38 bits per heavy atom.